The number of aliphatic imine (C=N–C) groups is 1. The zero-order valence-electron chi connectivity index (χ0n) is 17.9. The van der Waals surface area contributed by atoms with Crippen LogP contribution in [-0.4, -0.2) is 28.7 Å². The minimum Gasteiger partial charge on any atom is -0.319 e. The molecule has 0 unspecified atom stereocenters. The number of thiophene rings is 1. The van der Waals surface area contributed by atoms with Crippen molar-refractivity contribution in [1.82, 2.24) is 9.80 Å². The average molecular weight is 426 g/mol. The first-order valence-corrected chi connectivity index (χ1v) is 11.7. The fraction of sp³-hybridized carbons (Fsp3) is 0.222. The molecule has 0 bridgehead atoms. The number of benzene rings is 2. The van der Waals surface area contributed by atoms with Crippen LogP contribution in [0.25, 0.3) is 0 Å². The lowest BCUT2D eigenvalue weighted by molar-refractivity contribution is 0.271. The Morgan fingerprint density at radius 2 is 1.65 bits per heavy atom. The van der Waals surface area contributed by atoms with Gasteiger partial charge < -0.3 is 4.90 Å². The molecule has 5 rings (SSSR count). The topological polar surface area (TPSA) is 18.8 Å². The van der Waals surface area contributed by atoms with E-state index in [0.29, 0.717) is 0 Å². The lowest BCUT2D eigenvalue weighted by Crippen LogP contribution is -2.41. The van der Waals surface area contributed by atoms with E-state index in [9.17, 15) is 0 Å². The summed E-state index contributed by atoms with van der Waals surface area (Å²) < 4.78 is 0. The summed E-state index contributed by atoms with van der Waals surface area (Å²) in [5.41, 5.74) is 6.07. The molecule has 3 heterocycles. The van der Waals surface area contributed by atoms with Gasteiger partial charge in [0.25, 0.3) is 0 Å². The third kappa shape index (κ3) is 4.01. The van der Waals surface area contributed by atoms with Crippen molar-refractivity contribution in [3.05, 3.63) is 118 Å². The summed E-state index contributed by atoms with van der Waals surface area (Å²) in [5, 5.41) is 2.16. The van der Waals surface area contributed by atoms with Crippen LogP contribution in [0, 0.1) is 0 Å². The summed E-state index contributed by atoms with van der Waals surface area (Å²) >= 11 is 1.83. The largest absolute Gasteiger partial charge is 0.319 e. The average Bonchev–Trinajstić information content (AvgIpc) is 3.31. The number of hydrogen-bond acceptors (Lipinski definition) is 4. The van der Waals surface area contributed by atoms with Crippen LogP contribution in [0.1, 0.15) is 35.4 Å². The van der Waals surface area contributed by atoms with E-state index in [1.165, 1.54) is 27.3 Å². The smallest absolute Gasteiger partial charge is 0.107 e. The molecule has 4 heteroatoms. The molecule has 0 atom stereocenters. The van der Waals surface area contributed by atoms with E-state index in [1.54, 1.807) is 0 Å². The van der Waals surface area contributed by atoms with Crippen LogP contribution in [0.5, 0.6) is 0 Å². The summed E-state index contributed by atoms with van der Waals surface area (Å²) in [6.07, 6.45) is 0.978. The van der Waals surface area contributed by atoms with Crippen LogP contribution in [0.4, 0.5) is 0 Å². The molecule has 0 aliphatic carbocycles. The molecule has 0 amide bonds. The number of amidine groups is 1. The molecule has 3 aromatic rings. The predicted octanol–water partition coefficient (Wildman–Crippen LogP) is 6.25. The normalized spacial score (nSPS) is 17.2. The molecule has 2 aromatic carbocycles. The zero-order valence-corrected chi connectivity index (χ0v) is 18.7. The minimum atomic E-state index is 0.0559. The van der Waals surface area contributed by atoms with Crippen molar-refractivity contribution in [2.45, 2.75) is 25.9 Å². The first-order valence-electron chi connectivity index (χ1n) is 10.8. The van der Waals surface area contributed by atoms with Crippen molar-refractivity contribution in [2.75, 3.05) is 13.1 Å². The molecule has 0 saturated carbocycles. The Morgan fingerprint density at radius 1 is 0.968 bits per heavy atom. The summed E-state index contributed by atoms with van der Waals surface area (Å²) in [4.78, 5) is 11.3. The molecule has 156 valence electrons. The predicted molar refractivity (Wildman–Crippen MR) is 130 cm³/mol. The number of hydrogen-bond donors (Lipinski definition) is 0. The van der Waals surface area contributed by atoms with Gasteiger partial charge >= 0.3 is 0 Å². The summed E-state index contributed by atoms with van der Waals surface area (Å²) in [6.45, 7) is 9.65. The lowest BCUT2D eigenvalue weighted by Gasteiger charge is -2.42. The first kappa shape index (κ1) is 20.0. The first-order chi connectivity index (χ1) is 15.2. The van der Waals surface area contributed by atoms with Crippen molar-refractivity contribution in [3.8, 4) is 0 Å². The van der Waals surface area contributed by atoms with E-state index in [2.05, 4.69) is 101 Å². The van der Waals surface area contributed by atoms with Gasteiger partial charge in [0.05, 0.1) is 11.7 Å². The molecule has 31 heavy (non-hydrogen) atoms. The second-order valence-corrected chi connectivity index (χ2v) is 9.20. The Labute approximate surface area is 188 Å². The number of nitrogens with zero attached hydrogens (tertiary/aromatic N) is 3. The minimum absolute atomic E-state index is 0.0559. The van der Waals surface area contributed by atoms with Gasteiger partial charge in [-0.1, -0.05) is 73.3 Å². The summed E-state index contributed by atoms with van der Waals surface area (Å²) in [7, 11) is 0. The van der Waals surface area contributed by atoms with Gasteiger partial charge in [-0.3, -0.25) is 4.90 Å². The lowest BCUT2D eigenvalue weighted by atomic mass is 9.93. The van der Waals surface area contributed by atoms with Crippen molar-refractivity contribution < 1.29 is 0 Å². The highest BCUT2D eigenvalue weighted by Crippen LogP contribution is 2.39. The Kier molecular flexibility index (Phi) is 5.58. The van der Waals surface area contributed by atoms with Gasteiger partial charge in [-0.25, -0.2) is 4.99 Å². The highest BCUT2D eigenvalue weighted by atomic mass is 32.1. The maximum atomic E-state index is 5.08. The molecule has 0 fully saturated rings. The standard InChI is InChI=1S/C27H27N3S/c1-20-25-19-29(18-24-14-9-17-31-24)16-15-26(25)28-21(2)30(20)27(22-10-5-3-6-11-22)23-12-7-4-8-13-23/h3-14,17,27H,1,15-16,18-19H2,2H3. The SMILES string of the molecule is C=C1C2=C(CCN(Cc3cccs3)C2)N=C(C)N1C(c1ccccc1)c1ccccc1. The second kappa shape index (κ2) is 8.66. The highest BCUT2D eigenvalue weighted by molar-refractivity contribution is 7.09. The van der Waals surface area contributed by atoms with E-state index in [0.717, 1.165) is 37.6 Å². The Bertz CT molecular complexity index is 1070. The van der Waals surface area contributed by atoms with Gasteiger partial charge in [-0.15, -0.1) is 11.3 Å². The van der Waals surface area contributed by atoms with E-state index in [4.69, 9.17) is 4.99 Å². The van der Waals surface area contributed by atoms with Gasteiger partial charge in [0.15, 0.2) is 0 Å². The summed E-state index contributed by atoms with van der Waals surface area (Å²) in [5.74, 6) is 1.02. The van der Waals surface area contributed by atoms with Crippen LogP contribution < -0.4 is 0 Å². The van der Waals surface area contributed by atoms with E-state index in [1.807, 2.05) is 11.3 Å². The molecule has 0 radical (unpaired) electrons. The van der Waals surface area contributed by atoms with Crippen LogP contribution in [0.3, 0.4) is 0 Å². The Hall–Kier alpha value is -2.95. The van der Waals surface area contributed by atoms with Crippen molar-refractivity contribution in [1.29, 1.82) is 0 Å². The fourth-order valence-electron chi connectivity index (χ4n) is 4.64. The second-order valence-electron chi connectivity index (χ2n) is 8.16. The maximum absolute atomic E-state index is 5.08. The van der Waals surface area contributed by atoms with Crippen molar-refractivity contribution in [2.24, 2.45) is 4.99 Å². The van der Waals surface area contributed by atoms with Crippen LogP contribution in [0.2, 0.25) is 0 Å². The Morgan fingerprint density at radius 3 is 2.26 bits per heavy atom. The van der Waals surface area contributed by atoms with Gasteiger partial charge in [-0.2, -0.15) is 0 Å². The van der Waals surface area contributed by atoms with E-state index >= 15 is 0 Å². The van der Waals surface area contributed by atoms with Crippen LogP contribution in [-0.2, 0) is 6.54 Å². The molecule has 0 saturated heterocycles. The maximum Gasteiger partial charge on any atom is 0.107 e. The number of rotatable bonds is 5. The molecule has 0 spiro atoms. The molecule has 3 nitrogen and oxygen atoms in total. The van der Waals surface area contributed by atoms with Gasteiger partial charge in [-0.05, 0) is 29.5 Å². The monoisotopic (exact) mass is 425 g/mol. The van der Waals surface area contributed by atoms with E-state index in [-0.39, 0.29) is 6.04 Å². The van der Waals surface area contributed by atoms with E-state index < -0.39 is 0 Å². The Balaban J connectivity index is 1.49. The summed E-state index contributed by atoms with van der Waals surface area (Å²) in [6, 6.07) is 25.8. The third-order valence-corrected chi connectivity index (χ3v) is 6.99. The molecule has 1 aromatic heterocycles. The fourth-order valence-corrected chi connectivity index (χ4v) is 5.39. The molecular formula is C27H27N3S. The highest BCUT2D eigenvalue weighted by Gasteiger charge is 2.33. The molecule has 2 aliphatic rings. The van der Waals surface area contributed by atoms with Gasteiger partial charge in [0.1, 0.15) is 5.84 Å². The quantitative estimate of drug-likeness (QED) is 0.481. The molecule has 0 N–H and O–H groups in total. The zero-order chi connectivity index (χ0) is 21.2. The van der Waals surface area contributed by atoms with Crippen molar-refractivity contribution in [3.63, 3.8) is 0 Å². The molecule has 2 aliphatic heterocycles. The van der Waals surface area contributed by atoms with Gasteiger partial charge in [0, 0.05) is 42.2 Å². The van der Waals surface area contributed by atoms with Crippen LogP contribution in [0.15, 0.2) is 107 Å². The van der Waals surface area contributed by atoms with Gasteiger partial charge in [0.2, 0.25) is 0 Å². The molecular weight excluding hydrogens is 398 g/mol. The third-order valence-electron chi connectivity index (χ3n) is 6.13. The van der Waals surface area contributed by atoms with Crippen LogP contribution >= 0.6 is 11.3 Å². The van der Waals surface area contributed by atoms with Crippen molar-refractivity contribution >= 4 is 17.2 Å².